The van der Waals surface area contributed by atoms with Gasteiger partial charge in [0.2, 0.25) is 0 Å². The molecule has 0 spiro atoms. The van der Waals surface area contributed by atoms with E-state index in [9.17, 15) is 0 Å². The van der Waals surface area contributed by atoms with Crippen LogP contribution in [-0.4, -0.2) is 10.4 Å². The number of para-hydroxylation sites is 1. The molecule has 0 aromatic heterocycles. The molecule has 0 saturated heterocycles. The second-order valence-corrected chi connectivity index (χ2v) is 2.99. The highest BCUT2D eigenvalue weighted by Crippen LogP contribution is 2.18. The van der Waals surface area contributed by atoms with Crippen LogP contribution in [0.5, 0.6) is 5.75 Å². The van der Waals surface area contributed by atoms with E-state index < -0.39 is 5.25 Å². The van der Waals surface area contributed by atoms with E-state index in [4.69, 9.17) is 21.4 Å². The topological polar surface area (TPSA) is 29.5 Å². The van der Waals surface area contributed by atoms with Crippen molar-refractivity contribution in [2.45, 2.75) is 12.2 Å². The SMILES string of the molecule is CC(O)(Cl)Oc1ccccc1. The Morgan fingerprint density at radius 3 is 2.36 bits per heavy atom. The van der Waals surface area contributed by atoms with Gasteiger partial charge in [0.15, 0.2) is 0 Å². The van der Waals surface area contributed by atoms with Crippen molar-refractivity contribution in [2.75, 3.05) is 0 Å². The summed E-state index contributed by atoms with van der Waals surface area (Å²) in [5, 5.41) is 7.39. The van der Waals surface area contributed by atoms with E-state index in [1.165, 1.54) is 6.92 Å². The maximum Gasteiger partial charge on any atom is 0.285 e. The van der Waals surface area contributed by atoms with Gasteiger partial charge in [0.1, 0.15) is 5.75 Å². The van der Waals surface area contributed by atoms with Crippen molar-refractivity contribution >= 4 is 11.6 Å². The van der Waals surface area contributed by atoms with Gasteiger partial charge in [-0.05, 0) is 23.7 Å². The summed E-state index contributed by atoms with van der Waals surface area (Å²) in [6.07, 6.45) is 0. The molecule has 1 atom stereocenters. The normalized spacial score (nSPS) is 15.5. The molecule has 0 radical (unpaired) electrons. The predicted octanol–water partition coefficient (Wildman–Crippen LogP) is 1.97. The van der Waals surface area contributed by atoms with Crippen molar-refractivity contribution in [3.63, 3.8) is 0 Å². The van der Waals surface area contributed by atoms with Gasteiger partial charge in [-0.3, -0.25) is 0 Å². The molecule has 1 aromatic rings. The van der Waals surface area contributed by atoms with Crippen molar-refractivity contribution in [3.05, 3.63) is 30.3 Å². The molecule has 11 heavy (non-hydrogen) atoms. The van der Waals surface area contributed by atoms with Crippen molar-refractivity contribution < 1.29 is 9.84 Å². The van der Waals surface area contributed by atoms with E-state index in [1.54, 1.807) is 24.3 Å². The monoisotopic (exact) mass is 172 g/mol. The van der Waals surface area contributed by atoms with Crippen LogP contribution in [0.3, 0.4) is 0 Å². The molecule has 3 heteroatoms. The fourth-order valence-electron chi connectivity index (χ4n) is 0.704. The quantitative estimate of drug-likeness (QED) is 0.546. The molecule has 0 bridgehead atoms. The second kappa shape index (κ2) is 3.11. The first-order valence-electron chi connectivity index (χ1n) is 3.23. The van der Waals surface area contributed by atoms with Gasteiger partial charge < -0.3 is 9.84 Å². The van der Waals surface area contributed by atoms with Crippen molar-refractivity contribution in [1.29, 1.82) is 0 Å². The van der Waals surface area contributed by atoms with Crippen LogP contribution in [0, 0.1) is 0 Å². The summed E-state index contributed by atoms with van der Waals surface area (Å²) >= 11 is 5.40. The molecule has 2 nitrogen and oxygen atoms in total. The van der Waals surface area contributed by atoms with Crippen LogP contribution in [0.1, 0.15) is 6.92 Å². The highest BCUT2D eigenvalue weighted by molar-refractivity contribution is 6.21. The summed E-state index contributed by atoms with van der Waals surface area (Å²) in [7, 11) is 0. The van der Waals surface area contributed by atoms with E-state index in [1.807, 2.05) is 6.07 Å². The molecular formula is C8H9ClO2. The average Bonchev–Trinajstić information content (AvgIpc) is 1.85. The van der Waals surface area contributed by atoms with Gasteiger partial charge in [-0.1, -0.05) is 18.2 Å². The van der Waals surface area contributed by atoms with Gasteiger partial charge in [-0.25, -0.2) is 0 Å². The molecule has 0 fully saturated rings. The lowest BCUT2D eigenvalue weighted by Crippen LogP contribution is -2.23. The van der Waals surface area contributed by atoms with Crippen LogP contribution < -0.4 is 4.74 Å². The Morgan fingerprint density at radius 2 is 1.91 bits per heavy atom. The first-order chi connectivity index (χ1) is 5.08. The number of benzene rings is 1. The third-order valence-corrected chi connectivity index (χ3v) is 1.12. The fourth-order valence-corrected chi connectivity index (χ4v) is 0.793. The van der Waals surface area contributed by atoms with Crippen LogP contribution in [0.2, 0.25) is 0 Å². The molecule has 60 valence electrons. The first kappa shape index (κ1) is 8.37. The third kappa shape index (κ3) is 3.25. The fraction of sp³-hybridized carbons (Fsp3) is 0.250. The first-order valence-corrected chi connectivity index (χ1v) is 3.61. The van der Waals surface area contributed by atoms with Gasteiger partial charge in [0.25, 0.3) is 5.25 Å². The molecule has 0 saturated carbocycles. The Kier molecular flexibility index (Phi) is 2.37. The van der Waals surface area contributed by atoms with E-state index in [0.717, 1.165) is 0 Å². The largest absolute Gasteiger partial charge is 0.449 e. The smallest absolute Gasteiger partial charge is 0.285 e. The standard InChI is InChI=1S/C8H9ClO2/c1-8(9,10)11-7-5-3-2-4-6-7/h2-6,10H,1H3. The number of aliphatic hydroxyl groups is 1. The average molecular weight is 173 g/mol. The molecule has 0 aliphatic rings. The Morgan fingerprint density at radius 1 is 1.36 bits per heavy atom. The molecule has 0 heterocycles. The Labute approximate surface area is 70.4 Å². The van der Waals surface area contributed by atoms with Crippen LogP contribution in [0.15, 0.2) is 30.3 Å². The number of halogens is 1. The Hall–Kier alpha value is -0.730. The van der Waals surface area contributed by atoms with Gasteiger partial charge in [-0.15, -0.1) is 0 Å². The lowest BCUT2D eigenvalue weighted by Gasteiger charge is -2.16. The van der Waals surface area contributed by atoms with E-state index in [2.05, 4.69) is 0 Å². The summed E-state index contributed by atoms with van der Waals surface area (Å²) in [6, 6.07) is 8.90. The zero-order chi connectivity index (χ0) is 8.32. The minimum atomic E-state index is -1.62. The van der Waals surface area contributed by atoms with Gasteiger partial charge in [0, 0.05) is 6.92 Å². The molecule has 1 rings (SSSR count). The number of rotatable bonds is 2. The molecular weight excluding hydrogens is 164 g/mol. The maximum atomic E-state index is 9.01. The Balaban J connectivity index is 2.66. The van der Waals surface area contributed by atoms with Crippen molar-refractivity contribution in [3.8, 4) is 5.75 Å². The van der Waals surface area contributed by atoms with E-state index in [0.29, 0.717) is 5.75 Å². The molecule has 0 amide bonds. The van der Waals surface area contributed by atoms with Crippen LogP contribution in [0.4, 0.5) is 0 Å². The van der Waals surface area contributed by atoms with Crippen LogP contribution >= 0.6 is 11.6 Å². The molecule has 1 aromatic carbocycles. The van der Waals surface area contributed by atoms with Gasteiger partial charge in [0.05, 0.1) is 0 Å². The molecule has 1 N–H and O–H groups in total. The highest BCUT2D eigenvalue weighted by atomic mass is 35.5. The zero-order valence-electron chi connectivity index (χ0n) is 6.12. The molecule has 1 unspecified atom stereocenters. The van der Waals surface area contributed by atoms with Crippen molar-refractivity contribution in [1.82, 2.24) is 0 Å². The van der Waals surface area contributed by atoms with Gasteiger partial charge in [-0.2, -0.15) is 0 Å². The highest BCUT2D eigenvalue weighted by Gasteiger charge is 2.16. The molecule has 0 aliphatic carbocycles. The number of hydrogen-bond donors (Lipinski definition) is 1. The summed E-state index contributed by atoms with van der Waals surface area (Å²) in [5.41, 5.74) is 0. The minimum absolute atomic E-state index is 0.549. The van der Waals surface area contributed by atoms with Gasteiger partial charge >= 0.3 is 0 Å². The lowest BCUT2D eigenvalue weighted by atomic mass is 10.3. The summed E-state index contributed by atoms with van der Waals surface area (Å²) in [5.74, 6) is 0.549. The van der Waals surface area contributed by atoms with E-state index >= 15 is 0 Å². The maximum absolute atomic E-state index is 9.01. The van der Waals surface area contributed by atoms with Crippen LogP contribution in [-0.2, 0) is 0 Å². The Bertz CT molecular complexity index is 215. The predicted molar refractivity (Wildman–Crippen MR) is 43.5 cm³/mol. The third-order valence-electron chi connectivity index (χ3n) is 1.05. The van der Waals surface area contributed by atoms with Crippen LogP contribution in [0.25, 0.3) is 0 Å². The number of ether oxygens (including phenoxy) is 1. The van der Waals surface area contributed by atoms with Crippen molar-refractivity contribution in [2.24, 2.45) is 0 Å². The second-order valence-electron chi connectivity index (χ2n) is 2.28. The summed E-state index contributed by atoms with van der Waals surface area (Å²) in [4.78, 5) is 0. The minimum Gasteiger partial charge on any atom is -0.449 e. The van der Waals surface area contributed by atoms with E-state index in [-0.39, 0.29) is 0 Å². The molecule has 0 aliphatic heterocycles. The number of alkyl halides is 1. The zero-order valence-corrected chi connectivity index (χ0v) is 6.88. The lowest BCUT2D eigenvalue weighted by molar-refractivity contribution is -0.0440. The number of hydrogen-bond acceptors (Lipinski definition) is 2. The summed E-state index contributed by atoms with van der Waals surface area (Å²) in [6.45, 7) is 1.36. The summed E-state index contributed by atoms with van der Waals surface area (Å²) < 4.78 is 4.92.